The van der Waals surface area contributed by atoms with E-state index in [0.29, 0.717) is 27.9 Å². The highest BCUT2D eigenvalue weighted by Crippen LogP contribution is 2.30. The monoisotopic (exact) mass is 251 g/mol. The fourth-order valence-electron chi connectivity index (χ4n) is 2.17. The van der Waals surface area contributed by atoms with Gasteiger partial charge in [0.15, 0.2) is 11.6 Å². The first-order valence-electron chi connectivity index (χ1n) is 5.47. The van der Waals surface area contributed by atoms with Crippen molar-refractivity contribution in [2.75, 3.05) is 5.73 Å². The van der Waals surface area contributed by atoms with Gasteiger partial charge in [-0.25, -0.2) is 0 Å². The molecule has 0 unspecified atom stereocenters. The molecule has 0 saturated carbocycles. The van der Waals surface area contributed by atoms with E-state index in [9.17, 15) is 9.59 Å². The topological polar surface area (TPSA) is 108 Å². The average Bonchev–Trinajstić information content (AvgIpc) is 2.47. The lowest BCUT2D eigenvalue weighted by Crippen LogP contribution is -2.22. The van der Waals surface area contributed by atoms with E-state index in [4.69, 9.17) is 16.5 Å². The maximum absolute atomic E-state index is 12.2. The van der Waals surface area contributed by atoms with E-state index in [0.717, 1.165) is 0 Å². The number of nitrogens with zero attached hydrogens (tertiary/aromatic N) is 2. The number of fused-ring (bicyclic) bond motifs is 2. The Balaban J connectivity index is 0.000000637. The smallest absolute Gasteiger partial charge is 0.196 e. The Morgan fingerprint density at radius 1 is 0.737 bits per heavy atom. The van der Waals surface area contributed by atoms with Gasteiger partial charge in [0.2, 0.25) is 0 Å². The molecule has 2 aromatic rings. The number of benzene rings is 2. The van der Waals surface area contributed by atoms with Gasteiger partial charge in [0, 0.05) is 33.2 Å². The van der Waals surface area contributed by atoms with Gasteiger partial charge in [-0.1, -0.05) is 36.4 Å². The molecule has 0 aromatic heterocycles. The lowest BCUT2D eigenvalue weighted by atomic mass is 9.83. The Morgan fingerprint density at radius 3 is 1.89 bits per heavy atom. The Bertz CT molecular complexity index is 705. The van der Waals surface area contributed by atoms with Gasteiger partial charge in [-0.05, 0) is 6.07 Å². The summed E-state index contributed by atoms with van der Waals surface area (Å²) in [6.07, 6.45) is 0. The summed E-state index contributed by atoms with van der Waals surface area (Å²) in [5, 5.41) is 12.0. The summed E-state index contributed by atoms with van der Waals surface area (Å²) in [5.41, 5.74) is 7.75. The lowest BCUT2D eigenvalue weighted by molar-refractivity contribution is 0.0979. The van der Waals surface area contributed by atoms with Crippen LogP contribution >= 0.6 is 0 Å². The Hall–Kier alpha value is -3.00. The quantitative estimate of drug-likeness (QED) is 0.486. The Morgan fingerprint density at radius 2 is 1.26 bits per heavy atom. The molecule has 5 nitrogen and oxygen atoms in total. The maximum Gasteiger partial charge on any atom is 0.196 e. The number of rotatable bonds is 0. The molecule has 0 aliphatic heterocycles. The van der Waals surface area contributed by atoms with Crippen molar-refractivity contribution in [3.05, 3.63) is 64.7 Å². The SMILES string of the molecule is N#N.Nc1cccc2c1C(=O)c1ccccc1C2=O. The zero-order valence-electron chi connectivity index (χ0n) is 9.83. The molecule has 92 valence electrons. The van der Waals surface area contributed by atoms with Crippen molar-refractivity contribution >= 4 is 17.3 Å². The summed E-state index contributed by atoms with van der Waals surface area (Å²) in [6.45, 7) is 0. The summed E-state index contributed by atoms with van der Waals surface area (Å²) >= 11 is 0. The van der Waals surface area contributed by atoms with Crippen LogP contribution in [0.1, 0.15) is 31.8 Å². The van der Waals surface area contributed by atoms with Crippen molar-refractivity contribution in [2.45, 2.75) is 0 Å². The molecule has 0 heterocycles. The van der Waals surface area contributed by atoms with Crippen LogP contribution in [0.3, 0.4) is 0 Å². The molecule has 3 rings (SSSR count). The van der Waals surface area contributed by atoms with Crippen LogP contribution in [0.4, 0.5) is 5.69 Å². The van der Waals surface area contributed by atoms with Crippen LogP contribution < -0.4 is 5.73 Å². The van der Waals surface area contributed by atoms with Crippen LogP contribution in [0.5, 0.6) is 0 Å². The zero-order chi connectivity index (χ0) is 14.0. The second-order valence-electron chi connectivity index (χ2n) is 3.97. The normalized spacial score (nSPS) is 11.9. The third-order valence-electron chi connectivity index (χ3n) is 2.98. The van der Waals surface area contributed by atoms with Gasteiger partial charge in [-0.15, -0.1) is 0 Å². The number of hydrogen-bond donors (Lipinski definition) is 1. The third kappa shape index (κ3) is 1.76. The molecule has 0 radical (unpaired) electrons. The molecule has 0 spiro atoms. The standard InChI is InChI=1S/C14H9NO2.N2/c15-11-7-3-6-10-12(11)14(17)9-5-2-1-4-8(9)13(10)16;1-2/h1-7H,15H2;. The van der Waals surface area contributed by atoms with E-state index in [1.54, 1.807) is 42.5 Å². The number of anilines is 1. The van der Waals surface area contributed by atoms with Crippen molar-refractivity contribution in [3.63, 3.8) is 0 Å². The van der Waals surface area contributed by atoms with Crippen LogP contribution in [0.2, 0.25) is 0 Å². The van der Waals surface area contributed by atoms with Crippen molar-refractivity contribution in [1.82, 2.24) is 0 Å². The molecule has 1 aliphatic carbocycles. The van der Waals surface area contributed by atoms with Crippen molar-refractivity contribution in [2.24, 2.45) is 0 Å². The fraction of sp³-hybridized carbons (Fsp3) is 0. The largest absolute Gasteiger partial charge is 0.398 e. The Kier molecular flexibility index (Phi) is 3.08. The Labute approximate surface area is 109 Å². The first-order valence-corrected chi connectivity index (χ1v) is 5.47. The minimum atomic E-state index is -0.173. The molecule has 0 atom stereocenters. The predicted molar refractivity (Wildman–Crippen MR) is 67.6 cm³/mol. The van der Waals surface area contributed by atoms with Gasteiger partial charge < -0.3 is 5.73 Å². The minimum Gasteiger partial charge on any atom is -0.398 e. The van der Waals surface area contributed by atoms with Crippen LogP contribution in [-0.4, -0.2) is 11.6 Å². The molecule has 2 aromatic carbocycles. The molecule has 0 bridgehead atoms. The minimum absolute atomic E-state index is 0.137. The molecule has 19 heavy (non-hydrogen) atoms. The lowest BCUT2D eigenvalue weighted by Gasteiger charge is -2.18. The van der Waals surface area contributed by atoms with Gasteiger partial charge in [-0.2, -0.15) is 0 Å². The zero-order valence-corrected chi connectivity index (χ0v) is 9.83. The molecular formula is C14H9N3O2. The van der Waals surface area contributed by atoms with Crippen LogP contribution in [-0.2, 0) is 0 Å². The molecule has 0 amide bonds. The van der Waals surface area contributed by atoms with Crippen LogP contribution in [0, 0.1) is 10.8 Å². The second-order valence-corrected chi connectivity index (χ2v) is 3.97. The molecule has 0 fully saturated rings. The van der Waals surface area contributed by atoms with Crippen molar-refractivity contribution < 1.29 is 9.59 Å². The van der Waals surface area contributed by atoms with E-state index in [2.05, 4.69) is 0 Å². The van der Waals surface area contributed by atoms with Crippen molar-refractivity contribution in [3.8, 4) is 0 Å². The number of carbonyl (C=O) groups is 2. The highest BCUT2D eigenvalue weighted by molar-refractivity contribution is 6.29. The summed E-state index contributed by atoms with van der Waals surface area (Å²) in [5.74, 6) is -0.309. The molecule has 0 saturated heterocycles. The van der Waals surface area contributed by atoms with Gasteiger partial charge in [0.25, 0.3) is 0 Å². The molecule has 2 N–H and O–H groups in total. The van der Waals surface area contributed by atoms with Gasteiger partial charge >= 0.3 is 0 Å². The molecular weight excluding hydrogens is 242 g/mol. The highest BCUT2D eigenvalue weighted by atomic mass is 16.1. The first-order chi connectivity index (χ1) is 9.20. The number of nitrogen functional groups attached to an aromatic ring is 1. The van der Waals surface area contributed by atoms with E-state index in [1.165, 1.54) is 0 Å². The first kappa shape index (κ1) is 12.5. The predicted octanol–water partition coefficient (Wildman–Crippen LogP) is 2.07. The van der Waals surface area contributed by atoms with Crippen LogP contribution in [0.25, 0.3) is 0 Å². The highest BCUT2D eigenvalue weighted by Gasteiger charge is 2.30. The van der Waals surface area contributed by atoms with Gasteiger partial charge in [-0.3, -0.25) is 9.59 Å². The average molecular weight is 251 g/mol. The third-order valence-corrected chi connectivity index (χ3v) is 2.98. The second kappa shape index (κ2) is 4.70. The number of nitrogens with two attached hydrogens (primary N) is 1. The summed E-state index contributed by atoms with van der Waals surface area (Å²) < 4.78 is 0. The summed E-state index contributed by atoms with van der Waals surface area (Å²) in [6, 6.07) is 11.8. The van der Waals surface area contributed by atoms with E-state index < -0.39 is 0 Å². The fourth-order valence-corrected chi connectivity index (χ4v) is 2.17. The number of hydrogen-bond acceptors (Lipinski definition) is 5. The van der Waals surface area contributed by atoms with Crippen LogP contribution in [0.15, 0.2) is 42.5 Å². The molecule has 1 aliphatic rings. The van der Waals surface area contributed by atoms with Crippen molar-refractivity contribution in [1.29, 1.82) is 10.8 Å². The van der Waals surface area contributed by atoms with E-state index >= 15 is 0 Å². The summed E-state index contributed by atoms with van der Waals surface area (Å²) in [4.78, 5) is 24.4. The van der Waals surface area contributed by atoms with E-state index in [1.807, 2.05) is 0 Å². The number of carbonyl (C=O) groups excluding carboxylic acids is 2. The van der Waals surface area contributed by atoms with E-state index in [-0.39, 0.29) is 11.6 Å². The van der Waals surface area contributed by atoms with Gasteiger partial charge in [0.05, 0.1) is 5.56 Å². The summed E-state index contributed by atoms with van der Waals surface area (Å²) in [7, 11) is 0. The molecule has 5 heteroatoms. The number of ketones is 2. The van der Waals surface area contributed by atoms with Gasteiger partial charge in [0.1, 0.15) is 0 Å². The maximum atomic E-state index is 12.2.